The van der Waals surface area contributed by atoms with Crippen molar-refractivity contribution in [2.75, 3.05) is 13.1 Å². The molecule has 0 aliphatic carbocycles. The van der Waals surface area contributed by atoms with Gasteiger partial charge in [-0.3, -0.25) is 4.90 Å². The summed E-state index contributed by atoms with van der Waals surface area (Å²) in [5, 5.41) is 9.55. The van der Waals surface area contributed by atoms with Crippen molar-refractivity contribution in [3.05, 3.63) is 0 Å². The molecule has 1 heterocycles. The molecule has 0 amide bonds. The molecule has 1 aliphatic rings. The first kappa shape index (κ1) is 9.01. The summed E-state index contributed by atoms with van der Waals surface area (Å²) in [6.07, 6.45) is 3.35. The van der Waals surface area contributed by atoms with Crippen molar-refractivity contribution in [2.24, 2.45) is 0 Å². The first-order chi connectivity index (χ1) is 5.25. The van der Waals surface area contributed by atoms with Gasteiger partial charge in [0.1, 0.15) is 0 Å². The van der Waals surface area contributed by atoms with Crippen LogP contribution in [0.5, 0.6) is 0 Å². The molecular weight excluding hydrogens is 138 g/mol. The lowest BCUT2D eigenvalue weighted by Gasteiger charge is -2.27. The lowest BCUT2D eigenvalue weighted by Crippen LogP contribution is -2.39. The van der Waals surface area contributed by atoms with E-state index in [0.29, 0.717) is 6.04 Å². The molecule has 0 aromatic carbocycles. The molecule has 2 heteroatoms. The highest BCUT2D eigenvalue weighted by atomic mass is 16.3. The summed E-state index contributed by atoms with van der Waals surface area (Å²) in [4.78, 5) is 2.38. The number of likely N-dealkylation sites (tertiary alicyclic amines) is 1. The molecule has 0 bridgehead atoms. The van der Waals surface area contributed by atoms with Crippen molar-refractivity contribution in [2.45, 2.75) is 45.3 Å². The molecule has 0 aromatic rings. The van der Waals surface area contributed by atoms with Crippen LogP contribution in [0.3, 0.4) is 0 Å². The summed E-state index contributed by atoms with van der Waals surface area (Å²) >= 11 is 0. The second-order valence-corrected chi connectivity index (χ2v) is 3.46. The van der Waals surface area contributed by atoms with E-state index in [4.69, 9.17) is 0 Å². The molecule has 2 nitrogen and oxygen atoms in total. The Kier molecular flexibility index (Phi) is 3.34. The molecule has 2 unspecified atom stereocenters. The Labute approximate surface area is 69.2 Å². The van der Waals surface area contributed by atoms with Crippen molar-refractivity contribution >= 4 is 0 Å². The summed E-state index contributed by atoms with van der Waals surface area (Å²) < 4.78 is 0. The van der Waals surface area contributed by atoms with Gasteiger partial charge in [-0.15, -0.1) is 0 Å². The SMILES string of the molecule is CCC(O)C(C)N1CCCC1. The predicted molar refractivity (Wildman–Crippen MR) is 46.6 cm³/mol. The van der Waals surface area contributed by atoms with Gasteiger partial charge in [0.25, 0.3) is 0 Å². The molecule has 2 atom stereocenters. The van der Waals surface area contributed by atoms with E-state index in [0.717, 1.165) is 6.42 Å². The second-order valence-electron chi connectivity index (χ2n) is 3.46. The average molecular weight is 157 g/mol. The zero-order chi connectivity index (χ0) is 8.27. The van der Waals surface area contributed by atoms with Crippen LogP contribution in [0.4, 0.5) is 0 Å². The molecular formula is C9H19NO. The number of aliphatic hydroxyl groups is 1. The van der Waals surface area contributed by atoms with E-state index in [1.807, 2.05) is 6.92 Å². The fraction of sp³-hybridized carbons (Fsp3) is 1.00. The van der Waals surface area contributed by atoms with Crippen LogP contribution in [0, 0.1) is 0 Å². The first-order valence-corrected chi connectivity index (χ1v) is 4.67. The molecule has 1 fully saturated rings. The Morgan fingerprint density at radius 3 is 2.36 bits per heavy atom. The Morgan fingerprint density at radius 2 is 1.91 bits per heavy atom. The smallest absolute Gasteiger partial charge is 0.0690 e. The highest BCUT2D eigenvalue weighted by Crippen LogP contribution is 2.14. The lowest BCUT2D eigenvalue weighted by atomic mass is 10.1. The predicted octanol–water partition coefficient (Wildman–Crippen LogP) is 1.24. The lowest BCUT2D eigenvalue weighted by molar-refractivity contribution is 0.0691. The normalized spacial score (nSPS) is 25.4. The van der Waals surface area contributed by atoms with Crippen LogP contribution in [0.15, 0.2) is 0 Å². The van der Waals surface area contributed by atoms with E-state index < -0.39 is 0 Å². The van der Waals surface area contributed by atoms with Crippen molar-refractivity contribution in [1.29, 1.82) is 0 Å². The topological polar surface area (TPSA) is 23.5 Å². The second kappa shape index (κ2) is 4.07. The van der Waals surface area contributed by atoms with Crippen LogP contribution in [0.25, 0.3) is 0 Å². The van der Waals surface area contributed by atoms with Crippen LogP contribution < -0.4 is 0 Å². The summed E-state index contributed by atoms with van der Waals surface area (Å²) in [5.74, 6) is 0. The Morgan fingerprint density at radius 1 is 1.36 bits per heavy atom. The maximum absolute atomic E-state index is 9.55. The molecule has 0 aromatic heterocycles. The van der Waals surface area contributed by atoms with Gasteiger partial charge in [0.2, 0.25) is 0 Å². The molecule has 1 aliphatic heterocycles. The quantitative estimate of drug-likeness (QED) is 0.666. The highest BCUT2D eigenvalue weighted by Gasteiger charge is 2.22. The maximum Gasteiger partial charge on any atom is 0.0690 e. The van der Waals surface area contributed by atoms with Gasteiger partial charge in [-0.2, -0.15) is 0 Å². The number of nitrogens with zero attached hydrogens (tertiary/aromatic N) is 1. The van der Waals surface area contributed by atoms with Gasteiger partial charge in [-0.1, -0.05) is 6.92 Å². The van der Waals surface area contributed by atoms with E-state index >= 15 is 0 Å². The third kappa shape index (κ3) is 2.17. The number of hydrogen-bond acceptors (Lipinski definition) is 2. The van der Waals surface area contributed by atoms with Crippen molar-refractivity contribution < 1.29 is 5.11 Å². The summed E-state index contributed by atoms with van der Waals surface area (Å²) in [6.45, 7) is 6.52. The maximum atomic E-state index is 9.55. The molecule has 1 N–H and O–H groups in total. The Hall–Kier alpha value is -0.0800. The summed E-state index contributed by atoms with van der Waals surface area (Å²) in [7, 11) is 0. The van der Waals surface area contributed by atoms with Gasteiger partial charge < -0.3 is 5.11 Å². The van der Waals surface area contributed by atoms with Gasteiger partial charge in [0.15, 0.2) is 0 Å². The van der Waals surface area contributed by atoms with Crippen molar-refractivity contribution in [3.63, 3.8) is 0 Å². The van der Waals surface area contributed by atoms with E-state index in [1.165, 1.54) is 25.9 Å². The van der Waals surface area contributed by atoms with Crippen LogP contribution in [-0.4, -0.2) is 35.2 Å². The van der Waals surface area contributed by atoms with Gasteiger partial charge in [0, 0.05) is 6.04 Å². The van der Waals surface area contributed by atoms with Crippen molar-refractivity contribution in [1.82, 2.24) is 4.90 Å². The number of hydrogen-bond donors (Lipinski definition) is 1. The molecule has 0 spiro atoms. The number of aliphatic hydroxyl groups excluding tert-OH is 1. The van der Waals surface area contributed by atoms with E-state index in [9.17, 15) is 5.11 Å². The van der Waals surface area contributed by atoms with Gasteiger partial charge >= 0.3 is 0 Å². The van der Waals surface area contributed by atoms with E-state index in [2.05, 4.69) is 11.8 Å². The Balaban J connectivity index is 2.32. The van der Waals surface area contributed by atoms with Crippen LogP contribution in [-0.2, 0) is 0 Å². The molecule has 66 valence electrons. The average Bonchev–Trinajstić information content (AvgIpc) is 2.53. The monoisotopic (exact) mass is 157 g/mol. The van der Waals surface area contributed by atoms with E-state index in [-0.39, 0.29) is 6.10 Å². The molecule has 0 saturated carbocycles. The van der Waals surface area contributed by atoms with Crippen LogP contribution >= 0.6 is 0 Å². The fourth-order valence-electron chi connectivity index (χ4n) is 1.73. The minimum atomic E-state index is -0.131. The highest BCUT2D eigenvalue weighted by molar-refractivity contribution is 4.77. The molecule has 11 heavy (non-hydrogen) atoms. The Bertz CT molecular complexity index is 110. The minimum Gasteiger partial charge on any atom is -0.392 e. The fourth-order valence-corrected chi connectivity index (χ4v) is 1.73. The van der Waals surface area contributed by atoms with Gasteiger partial charge in [0.05, 0.1) is 6.10 Å². The first-order valence-electron chi connectivity index (χ1n) is 4.67. The standard InChI is InChI=1S/C9H19NO/c1-3-9(11)8(2)10-6-4-5-7-10/h8-9,11H,3-7H2,1-2H3. The molecule has 1 rings (SSSR count). The third-order valence-electron chi connectivity index (χ3n) is 2.69. The van der Waals surface area contributed by atoms with Gasteiger partial charge in [-0.05, 0) is 39.3 Å². The van der Waals surface area contributed by atoms with E-state index in [1.54, 1.807) is 0 Å². The third-order valence-corrected chi connectivity index (χ3v) is 2.69. The largest absolute Gasteiger partial charge is 0.392 e. The number of rotatable bonds is 3. The van der Waals surface area contributed by atoms with Gasteiger partial charge in [-0.25, -0.2) is 0 Å². The van der Waals surface area contributed by atoms with Crippen LogP contribution in [0.1, 0.15) is 33.1 Å². The minimum absolute atomic E-state index is 0.131. The molecule has 1 saturated heterocycles. The molecule has 0 radical (unpaired) electrons. The van der Waals surface area contributed by atoms with Crippen molar-refractivity contribution in [3.8, 4) is 0 Å². The van der Waals surface area contributed by atoms with Crippen LogP contribution in [0.2, 0.25) is 0 Å². The zero-order valence-corrected chi connectivity index (χ0v) is 7.58. The summed E-state index contributed by atoms with van der Waals surface area (Å²) in [5.41, 5.74) is 0. The summed E-state index contributed by atoms with van der Waals surface area (Å²) in [6, 6.07) is 0.363. The zero-order valence-electron chi connectivity index (χ0n) is 7.58.